The van der Waals surface area contributed by atoms with Crippen molar-refractivity contribution in [2.75, 3.05) is 6.54 Å². The zero-order chi connectivity index (χ0) is 12.8. The van der Waals surface area contributed by atoms with Gasteiger partial charge in [-0.1, -0.05) is 29.8 Å². The lowest BCUT2D eigenvalue weighted by Crippen LogP contribution is -2.07. The molecule has 0 aliphatic carbocycles. The SMILES string of the molecule is Cl.NCCCC(c1ccc(Cl)cc1)c1ccccn1. The van der Waals surface area contributed by atoms with Gasteiger partial charge >= 0.3 is 0 Å². The summed E-state index contributed by atoms with van der Waals surface area (Å²) >= 11 is 5.93. The van der Waals surface area contributed by atoms with Gasteiger partial charge in [0.25, 0.3) is 0 Å². The van der Waals surface area contributed by atoms with Gasteiger partial charge in [-0.2, -0.15) is 0 Å². The molecule has 4 heteroatoms. The van der Waals surface area contributed by atoms with Crippen molar-refractivity contribution in [2.24, 2.45) is 5.73 Å². The van der Waals surface area contributed by atoms with Crippen LogP contribution >= 0.6 is 24.0 Å². The number of benzene rings is 1. The summed E-state index contributed by atoms with van der Waals surface area (Å²) in [5.41, 5.74) is 7.95. The quantitative estimate of drug-likeness (QED) is 0.905. The molecule has 0 spiro atoms. The molecule has 2 N–H and O–H groups in total. The molecule has 0 fully saturated rings. The third kappa shape index (κ3) is 4.50. The molecule has 0 saturated carbocycles. The molecule has 0 bridgehead atoms. The molecule has 1 aromatic carbocycles. The predicted molar refractivity (Wildman–Crippen MR) is 83.1 cm³/mol. The maximum atomic E-state index is 5.93. The van der Waals surface area contributed by atoms with E-state index >= 15 is 0 Å². The second-order valence-corrected chi connectivity index (χ2v) is 4.73. The van der Waals surface area contributed by atoms with E-state index in [0.717, 1.165) is 23.6 Å². The van der Waals surface area contributed by atoms with Crippen LogP contribution in [-0.4, -0.2) is 11.5 Å². The predicted octanol–water partition coefficient (Wildman–Crippen LogP) is 4.03. The third-order valence-corrected chi connectivity index (χ3v) is 3.27. The fraction of sp³-hybridized carbons (Fsp3) is 0.267. The molecule has 1 heterocycles. The Hall–Kier alpha value is -1.09. The van der Waals surface area contributed by atoms with Crippen LogP contribution in [0.2, 0.25) is 5.02 Å². The fourth-order valence-corrected chi connectivity index (χ4v) is 2.21. The summed E-state index contributed by atoms with van der Waals surface area (Å²) in [4.78, 5) is 4.46. The summed E-state index contributed by atoms with van der Waals surface area (Å²) in [6.45, 7) is 0.705. The second-order valence-electron chi connectivity index (χ2n) is 4.29. The summed E-state index contributed by atoms with van der Waals surface area (Å²) in [7, 11) is 0. The Labute approximate surface area is 125 Å². The minimum atomic E-state index is 0. The zero-order valence-electron chi connectivity index (χ0n) is 10.6. The molecule has 0 radical (unpaired) electrons. The first-order valence-corrected chi connectivity index (χ1v) is 6.55. The summed E-state index contributed by atoms with van der Waals surface area (Å²) in [5.74, 6) is 0.298. The molecule has 2 aromatic rings. The van der Waals surface area contributed by atoms with E-state index in [-0.39, 0.29) is 12.4 Å². The van der Waals surface area contributed by atoms with E-state index < -0.39 is 0 Å². The van der Waals surface area contributed by atoms with E-state index in [9.17, 15) is 0 Å². The van der Waals surface area contributed by atoms with Crippen LogP contribution in [0, 0.1) is 0 Å². The largest absolute Gasteiger partial charge is 0.330 e. The smallest absolute Gasteiger partial charge is 0.0478 e. The lowest BCUT2D eigenvalue weighted by molar-refractivity contribution is 0.655. The number of pyridine rings is 1. The van der Waals surface area contributed by atoms with Crippen molar-refractivity contribution in [1.29, 1.82) is 0 Å². The van der Waals surface area contributed by atoms with Crippen molar-refractivity contribution in [3.8, 4) is 0 Å². The van der Waals surface area contributed by atoms with Crippen molar-refractivity contribution in [2.45, 2.75) is 18.8 Å². The minimum absolute atomic E-state index is 0. The molecule has 1 unspecified atom stereocenters. The van der Waals surface area contributed by atoms with Crippen molar-refractivity contribution in [3.05, 3.63) is 64.9 Å². The van der Waals surface area contributed by atoms with Crippen molar-refractivity contribution < 1.29 is 0 Å². The fourth-order valence-electron chi connectivity index (χ4n) is 2.08. The Balaban J connectivity index is 0.00000180. The number of halogens is 2. The number of hydrogen-bond acceptors (Lipinski definition) is 2. The molecule has 0 aliphatic heterocycles. The van der Waals surface area contributed by atoms with E-state index in [4.69, 9.17) is 17.3 Å². The van der Waals surface area contributed by atoms with Crippen molar-refractivity contribution in [3.63, 3.8) is 0 Å². The summed E-state index contributed by atoms with van der Waals surface area (Å²) in [6.07, 6.45) is 3.83. The molecule has 0 saturated heterocycles. The van der Waals surface area contributed by atoms with Gasteiger partial charge in [-0.15, -0.1) is 12.4 Å². The monoisotopic (exact) mass is 296 g/mol. The molecular formula is C15H18Cl2N2. The van der Waals surface area contributed by atoms with Gasteiger partial charge in [-0.3, -0.25) is 4.98 Å². The number of aromatic nitrogens is 1. The number of rotatable bonds is 5. The number of nitrogens with two attached hydrogens (primary N) is 1. The zero-order valence-corrected chi connectivity index (χ0v) is 12.2. The van der Waals surface area contributed by atoms with E-state index in [1.165, 1.54) is 5.56 Å². The van der Waals surface area contributed by atoms with Crippen LogP contribution in [0.1, 0.15) is 30.0 Å². The Bertz CT molecular complexity index is 471. The molecular weight excluding hydrogens is 279 g/mol. The first-order chi connectivity index (χ1) is 8.81. The van der Waals surface area contributed by atoms with Crippen LogP contribution in [0.5, 0.6) is 0 Å². The van der Waals surface area contributed by atoms with Gasteiger partial charge in [0, 0.05) is 22.8 Å². The van der Waals surface area contributed by atoms with Crippen LogP contribution in [0.15, 0.2) is 48.7 Å². The van der Waals surface area contributed by atoms with Crippen LogP contribution in [0.4, 0.5) is 0 Å². The van der Waals surface area contributed by atoms with E-state index in [1.807, 2.05) is 30.5 Å². The normalized spacial score (nSPS) is 11.7. The van der Waals surface area contributed by atoms with Gasteiger partial charge in [0.2, 0.25) is 0 Å². The van der Waals surface area contributed by atoms with Gasteiger partial charge in [-0.05, 0) is 49.2 Å². The Morgan fingerprint density at radius 3 is 2.42 bits per heavy atom. The highest BCUT2D eigenvalue weighted by atomic mass is 35.5. The summed E-state index contributed by atoms with van der Waals surface area (Å²) < 4.78 is 0. The summed E-state index contributed by atoms with van der Waals surface area (Å²) in [6, 6.07) is 14.0. The molecule has 2 nitrogen and oxygen atoms in total. The van der Waals surface area contributed by atoms with Crippen LogP contribution in [-0.2, 0) is 0 Å². The highest BCUT2D eigenvalue weighted by Crippen LogP contribution is 2.28. The highest BCUT2D eigenvalue weighted by Gasteiger charge is 2.14. The van der Waals surface area contributed by atoms with Crippen molar-refractivity contribution >= 4 is 24.0 Å². The maximum Gasteiger partial charge on any atom is 0.0478 e. The van der Waals surface area contributed by atoms with Gasteiger partial charge < -0.3 is 5.73 Å². The second kappa shape index (κ2) is 8.16. The average Bonchev–Trinajstić information content (AvgIpc) is 2.42. The number of hydrogen-bond donors (Lipinski definition) is 1. The standard InChI is InChI=1S/C15H17ClN2.ClH/c16-13-8-6-12(7-9-13)14(4-3-10-17)15-5-1-2-11-18-15;/h1-2,5-9,11,14H,3-4,10,17H2;1H. The van der Waals surface area contributed by atoms with E-state index in [2.05, 4.69) is 23.2 Å². The van der Waals surface area contributed by atoms with Crippen molar-refractivity contribution in [1.82, 2.24) is 4.98 Å². The van der Waals surface area contributed by atoms with Crippen LogP contribution in [0.25, 0.3) is 0 Å². The Morgan fingerprint density at radius 1 is 1.11 bits per heavy atom. The molecule has 1 aromatic heterocycles. The number of nitrogens with zero attached hydrogens (tertiary/aromatic N) is 1. The van der Waals surface area contributed by atoms with Crippen LogP contribution in [0.3, 0.4) is 0 Å². The van der Waals surface area contributed by atoms with E-state index in [0.29, 0.717) is 12.5 Å². The Morgan fingerprint density at radius 2 is 1.84 bits per heavy atom. The molecule has 0 aliphatic rings. The van der Waals surface area contributed by atoms with Gasteiger partial charge in [0.05, 0.1) is 0 Å². The Kier molecular flexibility index (Phi) is 6.85. The summed E-state index contributed by atoms with van der Waals surface area (Å²) in [5, 5.41) is 0.761. The molecule has 1 atom stereocenters. The maximum absolute atomic E-state index is 5.93. The van der Waals surface area contributed by atoms with E-state index in [1.54, 1.807) is 0 Å². The lowest BCUT2D eigenvalue weighted by atomic mass is 9.91. The third-order valence-electron chi connectivity index (χ3n) is 3.01. The molecule has 0 amide bonds. The first kappa shape index (κ1) is 16.0. The molecule has 102 valence electrons. The topological polar surface area (TPSA) is 38.9 Å². The first-order valence-electron chi connectivity index (χ1n) is 6.17. The average molecular weight is 297 g/mol. The molecule has 19 heavy (non-hydrogen) atoms. The molecule has 2 rings (SSSR count). The highest BCUT2D eigenvalue weighted by molar-refractivity contribution is 6.30. The van der Waals surface area contributed by atoms with Gasteiger partial charge in [-0.25, -0.2) is 0 Å². The minimum Gasteiger partial charge on any atom is -0.330 e. The lowest BCUT2D eigenvalue weighted by Gasteiger charge is -2.16. The van der Waals surface area contributed by atoms with Gasteiger partial charge in [0.1, 0.15) is 0 Å². The van der Waals surface area contributed by atoms with Gasteiger partial charge in [0.15, 0.2) is 0 Å². The van der Waals surface area contributed by atoms with Crippen LogP contribution < -0.4 is 5.73 Å².